The normalized spacial score (nSPS) is 13.2. The molecule has 0 radical (unpaired) electrons. The zero-order chi connectivity index (χ0) is 20.9. The number of esters is 1. The van der Waals surface area contributed by atoms with Gasteiger partial charge >= 0.3 is 5.97 Å². The molecule has 0 atom stereocenters. The fraction of sp³-hybridized carbons (Fsp3) is 0.318. The van der Waals surface area contributed by atoms with Gasteiger partial charge in [-0.1, -0.05) is 18.6 Å². The Balaban J connectivity index is 1.50. The average Bonchev–Trinajstić information content (AvgIpc) is 3.29. The molecule has 1 aliphatic rings. The Bertz CT molecular complexity index is 1040. The van der Waals surface area contributed by atoms with Crippen molar-refractivity contribution in [2.75, 3.05) is 17.7 Å². The third-order valence-corrected chi connectivity index (χ3v) is 6.54. The first-order valence-corrected chi connectivity index (χ1v) is 11.2. The van der Waals surface area contributed by atoms with Crippen LogP contribution in [0.25, 0.3) is 0 Å². The molecule has 0 spiro atoms. The van der Waals surface area contributed by atoms with E-state index in [1.54, 1.807) is 17.5 Å². The number of methoxy groups -OCH3 is 1. The number of carbonyl (C=O) groups excluding carboxylic acids is 1. The highest BCUT2D eigenvalue weighted by Gasteiger charge is 2.25. The van der Waals surface area contributed by atoms with Gasteiger partial charge in [0.05, 0.1) is 19.2 Å². The summed E-state index contributed by atoms with van der Waals surface area (Å²) in [5.74, 6) is -0.305. The summed E-state index contributed by atoms with van der Waals surface area (Å²) in [4.78, 5) is 13.8. The number of ether oxygens (including phenoxy) is 1. The van der Waals surface area contributed by atoms with Crippen LogP contribution in [0.15, 0.2) is 42.7 Å². The lowest BCUT2D eigenvalue weighted by atomic mass is 10.1. The van der Waals surface area contributed by atoms with Crippen LogP contribution in [-0.4, -0.2) is 28.0 Å². The smallest absolute Gasteiger partial charge is 0.341 e. The van der Waals surface area contributed by atoms with Crippen molar-refractivity contribution in [2.45, 2.75) is 38.6 Å². The molecule has 0 saturated carbocycles. The van der Waals surface area contributed by atoms with Crippen LogP contribution in [0.1, 0.15) is 45.6 Å². The molecular weight excluding hydrogens is 416 g/mol. The molecule has 1 aromatic carbocycles. The molecule has 4 rings (SSSR count). The van der Waals surface area contributed by atoms with Crippen LogP contribution >= 0.6 is 23.6 Å². The van der Waals surface area contributed by atoms with E-state index in [9.17, 15) is 4.79 Å². The first-order valence-electron chi connectivity index (χ1n) is 10.0. The quantitative estimate of drug-likeness (QED) is 0.336. The summed E-state index contributed by atoms with van der Waals surface area (Å²) in [6.07, 6.45) is 9.05. The summed E-state index contributed by atoms with van der Waals surface area (Å²) in [6, 6.07) is 9.94. The molecule has 3 aromatic rings. The molecule has 6 nitrogen and oxygen atoms in total. The van der Waals surface area contributed by atoms with E-state index in [1.807, 2.05) is 35.1 Å². The van der Waals surface area contributed by atoms with Crippen LogP contribution < -0.4 is 10.6 Å². The molecule has 156 valence electrons. The fourth-order valence-electron chi connectivity index (χ4n) is 3.74. The molecule has 0 fully saturated rings. The Hall–Kier alpha value is -2.71. The van der Waals surface area contributed by atoms with Gasteiger partial charge in [-0.15, -0.1) is 11.3 Å². The molecule has 0 amide bonds. The first-order chi connectivity index (χ1) is 14.6. The molecule has 0 saturated heterocycles. The van der Waals surface area contributed by atoms with Crippen molar-refractivity contribution in [3.63, 3.8) is 0 Å². The molecule has 2 aromatic heterocycles. The highest BCUT2D eigenvalue weighted by molar-refractivity contribution is 7.80. The summed E-state index contributed by atoms with van der Waals surface area (Å²) < 4.78 is 6.94. The standard InChI is InChI=1S/C22H24N4O2S2/c1-28-21(27)19-17-9-3-2-4-10-18(17)30-20(19)25-22(29)24-16-8-5-7-15(13-16)14-26-12-6-11-23-26/h5-8,11-13H,2-4,9-10,14H2,1H3,(H2,24,25,29). The zero-order valence-corrected chi connectivity index (χ0v) is 18.4. The summed E-state index contributed by atoms with van der Waals surface area (Å²) in [6.45, 7) is 0.687. The number of nitrogens with one attached hydrogen (secondary N) is 2. The molecule has 30 heavy (non-hydrogen) atoms. The van der Waals surface area contributed by atoms with E-state index in [4.69, 9.17) is 17.0 Å². The van der Waals surface area contributed by atoms with Gasteiger partial charge in [0, 0.05) is 23.0 Å². The van der Waals surface area contributed by atoms with Crippen LogP contribution in [-0.2, 0) is 24.1 Å². The Morgan fingerprint density at radius 1 is 1.23 bits per heavy atom. The second kappa shape index (κ2) is 9.40. The van der Waals surface area contributed by atoms with E-state index in [0.717, 1.165) is 47.5 Å². The predicted octanol–water partition coefficient (Wildman–Crippen LogP) is 4.86. The number of anilines is 2. The number of aryl methyl sites for hydroxylation is 1. The third kappa shape index (κ3) is 4.71. The number of thiocarbonyl (C=S) groups is 1. The van der Waals surface area contributed by atoms with E-state index >= 15 is 0 Å². The maximum absolute atomic E-state index is 12.5. The fourth-order valence-corrected chi connectivity index (χ4v) is 5.31. The Labute approximate surface area is 185 Å². The molecule has 2 heterocycles. The van der Waals surface area contributed by atoms with Gasteiger partial charge in [0.15, 0.2) is 5.11 Å². The molecule has 0 unspecified atom stereocenters. The molecule has 2 N–H and O–H groups in total. The second-order valence-corrected chi connectivity index (χ2v) is 8.76. The number of nitrogens with zero attached hydrogens (tertiary/aromatic N) is 2. The largest absolute Gasteiger partial charge is 0.465 e. The van der Waals surface area contributed by atoms with Gasteiger partial charge < -0.3 is 15.4 Å². The molecular formula is C22H24N4O2S2. The summed E-state index contributed by atoms with van der Waals surface area (Å²) in [5, 5.41) is 11.9. The summed E-state index contributed by atoms with van der Waals surface area (Å²) in [5.41, 5.74) is 3.76. The number of hydrogen-bond acceptors (Lipinski definition) is 5. The number of aromatic nitrogens is 2. The molecule has 1 aliphatic carbocycles. The highest BCUT2D eigenvalue weighted by Crippen LogP contribution is 2.38. The van der Waals surface area contributed by atoms with Crippen molar-refractivity contribution in [3.05, 3.63) is 64.3 Å². The van der Waals surface area contributed by atoms with Crippen molar-refractivity contribution < 1.29 is 9.53 Å². The van der Waals surface area contributed by atoms with E-state index in [-0.39, 0.29) is 5.97 Å². The second-order valence-electron chi connectivity index (χ2n) is 7.24. The number of thiophene rings is 1. The molecule has 8 heteroatoms. The van der Waals surface area contributed by atoms with Gasteiger partial charge in [-0.3, -0.25) is 4.68 Å². The van der Waals surface area contributed by atoms with Gasteiger partial charge in [0.25, 0.3) is 0 Å². The number of rotatable bonds is 5. The minimum atomic E-state index is -0.305. The highest BCUT2D eigenvalue weighted by atomic mass is 32.1. The minimum absolute atomic E-state index is 0.305. The van der Waals surface area contributed by atoms with Gasteiger partial charge in [-0.2, -0.15) is 5.10 Å². The molecule has 0 aliphatic heterocycles. The van der Waals surface area contributed by atoms with Gasteiger partial charge in [0.1, 0.15) is 5.00 Å². The molecule has 0 bridgehead atoms. The number of fused-ring (bicyclic) bond motifs is 1. The van der Waals surface area contributed by atoms with E-state index in [0.29, 0.717) is 17.2 Å². The number of benzene rings is 1. The summed E-state index contributed by atoms with van der Waals surface area (Å²) in [7, 11) is 1.43. The van der Waals surface area contributed by atoms with E-state index in [2.05, 4.69) is 21.8 Å². The maximum atomic E-state index is 12.5. The van der Waals surface area contributed by atoms with E-state index < -0.39 is 0 Å². The minimum Gasteiger partial charge on any atom is -0.465 e. The zero-order valence-electron chi connectivity index (χ0n) is 16.8. The monoisotopic (exact) mass is 440 g/mol. The Morgan fingerprint density at radius 2 is 2.10 bits per heavy atom. The van der Waals surface area contributed by atoms with E-state index in [1.165, 1.54) is 18.4 Å². The average molecular weight is 441 g/mol. The lowest BCUT2D eigenvalue weighted by Gasteiger charge is -2.12. The van der Waals surface area contributed by atoms with Crippen LogP contribution in [0.2, 0.25) is 0 Å². The van der Waals surface area contributed by atoms with Gasteiger partial charge in [-0.25, -0.2) is 4.79 Å². The number of hydrogen-bond donors (Lipinski definition) is 2. The van der Waals surface area contributed by atoms with Crippen molar-refractivity contribution in [3.8, 4) is 0 Å². The Kier molecular flexibility index (Phi) is 6.44. The van der Waals surface area contributed by atoms with Gasteiger partial charge in [0.2, 0.25) is 0 Å². The van der Waals surface area contributed by atoms with Crippen molar-refractivity contribution in [1.29, 1.82) is 0 Å². The first kappa shape index (κ1) is 20.6. The SMILES string of the molecule is COC(=O)c1c(NC(=S)Nc2cccc(Cn3cccn3)c2)sc2c1CCCCC2. The van der Waals surface area contributed by atoms with Crippen LogP contribution in [0.5, 0.6) is 0 Å². The van der Waals surface area contributed by atoms with Crippen molar-refractivity contribution in [2.24, 2.45) is 0 Å². The topological polar surface area (TPSA) is 68.2 Å². The van der Waals surface area contributed by atoms with Crippen LogP contribution in [0.4, 0.5) is 10.7 Å². The predicted molar refractivity (Wildman–Crippen MR) is 125 cm³/mol. The van der Waals surface area contributed by atoms with Crippen LogP contribution in [0, 0.1) is 0 Å². The Morgan fingerprint density at radius 3 is 2.90 bits per heavy atom. The van der Waals surface area contributed by atoms with Crippen molar-refractivity contribution >= 4 is 45.3 Å². The maximum Gasteiger partial charge on any atom is 0.341 e. The summed E-state index contributed by atoms with van der Waals surface area (Å²) >= 11 is 7.15. The third-order valence-electron chi connectivity index (χ3n) is 5.13. The lowest BCUT2D eigenvalue weighted by molar-refractivity contribution is 0.0601. The lowest BCUT2D eigenvalue weighted by Crippen LogP contribution is -2.20. The van der Waals surface area contributed by atoms with Crippen molar-refractivity contribution in [1.82, 2.24) is 9.78 Å². The van der Waals surface area contributed by atoms with Gasteiger partial charge in [-0.05, 0) is 67.2 Å². The number of carbonyl (C=O) groups is 1. The van der Waals surface area contributed by atoms with Crippen LogP contribution in [0.3, 0.4) is 0 Å².